The Morgan fingerprint density at radius 1 is 0.850 bits per heavy atom. The number of hydrogen-bond donors (Lipinski definition) is 1. The van der Waals surface area contributed by atoms with Crippen LogP contribution >= 0.6 is 0 Å². The van der Waals surface area contributed by atoms with Gasteiger partial charge in [0.2, 0.25) is 0 Å². The maximum atomic E-state index is 10.4. The normalized spacial score (nSPS) is 12.4. The van der Waals surface area contributed by atoms with Gasteiger partial charge in [-0.25, -0.2) is 0 Å². The summed E-state index contributed by atoms with van der Waals surface area (Å²) in [7, 11) is 0. The van der Waals surface area contributed by atoms with Crippen LogP contribution in [0.15, 0.2) is 66.7 Å². The van der Waals surface area contributed by atoms with Gasteiger partial charge in [-0.1, -0.05) is 67.6 Å². The summed E-state index contributed by atoms with van der Waals surface area (Å²) in [4.78, 5) is 0. The molecule has 100 valence electrons. The highest BCUT2D eigenvalue weighted by atomic mass is 16.3. The second kappa shape index (κ2) is 5.38. The van der Waals surface area contributed by atoms with E-state index in [-0.39, 0.29) is 5.92 Å². The highest BCUT2D eigenvalue weighted by Gasteiger charge is 2.18. The lowest BCUT2D eigenvalue weighted by Gasteiger charge is -2.19. The van der Waals surface area contributed by atoms with Crippen molar-refractivity contribution in [2.75, 3.05) is 0 Å². The van der Waals surface area contributed by atoms with Crippen LogP contribution in [0.3, 0.4) is 0 Å². The van der Waals surface area contributed by atoms with Gasteiger partial charge in [0.15, 0.2) is 0 Å². The van der Waals surface area contributed by atoms with E-state index in [1.54, 1.807) is 0 Å². The molecule has 1 heteroatoms. The van der Waals surface area contributed by atoms with E-state index >= 15 is 0 Å². The van der Waals surface area contributed by atoms with Crippen LogP contribution in [-0.4, -0.2) is 5.11 Å². The van der Waals surface area contributed by atoms with Crippen LogP contribution in [0.1, 0.15) is 30.4 Å². The maximum absolute atomic E-state index is 10.4. The second-order valence-corrected chi connectivity index (χ2v) is 5.09. The molecule has 0 radical (unpaired) electrons. The third kappa shape index (κ3) is 2.16. The molecule has 1 atom stereocenters. The van der Waals surface area contributed by atoms with Crippen LogP contribution in [0.4, 0.5) is 0 Å². The number of phenolic OH excluding ortho intramolecular Hbond substituents is 1. The number of rotatable bonds is 3. The van der Waals surface area contributed by atoms with Crippen LogP contribution in [0.2, 0.25) is 0 Å². The first-order chi connectivity index (χ1) is 9.81. The van der Waals surface area contributed by atoms with Gasteiger partial charge in [0.05, 0.1) is 0 Å². The number of phenols is 1. The van der Waals surface area contributed by atoms with Gasteiger partial charge < -0.3 is 5.11 Å². The van der Waals surface area contributed by atoms with E-state index in [9.17, 15) is 5.11 Å². The van der Waals surface area contributed by atoms with Crippen molar-refractivity contribution >= 4 is 10.8 Å². The van der Waals surface area contributed by atoms with Crippen LogP contribution in [0.5, 0.6) is 5.75 Å². The molecule has 0 fully saturated rings. The highest BCUT2D eigenvalue weighted by molar-refractivity contribution is 5.88. The molecule has 0 unspecified atom stereocenters. The number of aromatic hydroxyl groups is 1. The molecule has 3 rings (SSSR count). The Hall–Kier alpha value is -2.28. The summed E-state index contributed by atoms with van der Waals surface area (Å²) in [6.07, 6.45) is 0.964. The molecule has 0 saturated heterocycles. The highest BCUT2D eigenvalue weighted by Crippen LogP contribution is 2.38. The monoisotopic (exact) mass is 262 g/mol. The minimum atomic E-state index is 0.224. The summed E-state index contributed by atoms with van der Waals surface area (Å²) in [5.74, 6) is 0.613. The van der Waals surface area contributed by atoms with Gasteiger partial charge >= 0.3 is 0 Å². The first-order valence-electron chi connectivity index (χ1n) is 7.07. The Morgan fingerprint density at radius 3 is 2.30 bits per heavy atom. The van der Waals surface area contributed by atoms with Gasteiger partial charge in [-0.05, 0) is 28.8 Å². The first kappa shape index (κ1) is 12.7. The van der Waals surface area contributed by atoms with E-state index in [2.05, 4.69) is 43.3 Å². The molecule has 0 aromatic heterocycles. The van der Waals surface area contributed by atoms with Crippen molar-refractivity contribution in [1.82, 2.24) is 0 Å². The van der Waals surface area contributed by atoms with Crippen molar-refractivity contribution in [1.29, 1.82) is 0 Å². The first-order valence-corrected chi connectivity index (χ1v) is 7.07. The number of fused-ring (bicyclic) bond motifs is 1. The van der Waals surface area contributed by atoms with E-state index in [1.165, 1.54) is 10.9 Å². The predicted octanol–water partition coefficient (Wildman–Crippen LogP) is 5.09. The molecular weight excluding hydrogens is 244 g/mol. The van der Waals surface area contributed by atoms with Crippen molar-refractivity contribution in [3.8, 4) is 5.75 Å². The SMILES string of the molecule is CC[C@H](c1ccccc1)c1c(O)ccc2ccccc12. The predicted molar refractivity (Wildman–Crippen MR) is 84.2 cm³/mol. The average molecular weight is 262 g/mol. The molecule has 0 heterocycles. The Balaban J connectivity index is 2.24. The van der Waals surface area contributed by atoms with Gasteiger partial charge in [-0.15, -0.1) is 0 Å². The molecular formula is C19H18O. The molecule has 20 heavy (non-hydrogen) atoms. The maximum Gasteiger partial charge on any atom is 0.120 e. The fourth-order valence-electron chi connectivity index (χ4n) is 2.94. The Bertz CT molecular complexity index is 716. The fourth-order valence-corrected chi connectivity index (χ4v) is 2.94. The summed E-state index contributed by atoms with van der Waals surface area (Å²) < 4.78 is 0. The molecule has 0 aliphatic heterocycles. The molecule has 0 amide bonds. The summed E-state index contributed by atoms with van der Waals surface area (Å²) in [6.45, 7) is 2.17. The zero-order valence-electron chi connectivity index (χ0n) is 11.6. The molecule has 1 N–H and O–H groups in total. The van der Waals surface area contributed by atoms with Crippen LogP contribution in [-0.2, 0) is 0 Å². The van der Waals surface area contributed by atoms with Crippen molar-refractivity contribution in [3.05, 3.63) is 77.9 Å². The minimum Gasteiger partial charge on any atom is -0.508 e. The van der Waals surface area contributed by atoms with Gasteiger partial charge in [-0.3, -0.25) is 0 Å². The second-order valence-electron chi connectivity index (χ2n) is 5.09. The van der Waals surface area contributed by atoms with Gasteiger partial charge in [0.25, 0.3) is 0 Å². The lowest BCUT2D eigenvalue weighted by molar-refractivity contribution is 0.465. The van der Waals surface area contributed by atoms with E-state index < -0.39 is 0 Å². The summed E-state index contributed by atoms with van der Waals surface area (Å²) in [5.41, 5.74) is 2.29. The number of benzene rings is 3. The zero-order chi connectivity index (χ0) is 13.9. The Kier molecular flexibility index (Phi) is 3.42. The molecule has 0 bridgehead atoms. The third-order valence-electron chi connectivity index (χ3n) is 3.91. The smallest absolute Gasteiger partial charge is 0.120 e. The van der Waals surface area contributed by atoms with E-state index in [4.69, 9.17) is 0 Å². The molecule has 0 spiro atoms. The number of hydrogen-bond acceptors (Lipinski definition) is 1. The lowest BCUT2D eigenvalue weighted by Crippen LogP contribution is -2.01. The summed E-state index contributed by atoms with van der Waals surface area (Å²) in [6, 6.07) is 22.4. The fraction of sp³-hybridized carbons (Fsp3) is 0.158. The van der Waals surface area contributed by atoms with Crippen molar-refractivity contribution in [2.45, 2.75) is 19.3 Å². The van der Waals surface area contributed by atoms with Gasteiger partial charge in [0.1, 0.15) is 5.75 Å². The Morgan fingerprint density at radius 2 is 1.55 bits per heavy atom. The van der Waals surface area contributed by atoms with Crippen molar-refractivity contribution in [2.24, 2.45) is 0 Å². The molecule has 0 aliphatic carbocycles. The van der Waals surface area contributed by atoms with E-state index in [1.807, 2.05) is 30.3 Å². The molecule has 0 aliphatic rings. The molecule has 3 aromatic carbocycles. The standard InChI is InChI=1S/C19H18O/c1-2-16(14-8-4-3-5-9-14)19-17-11-7-6-10-15(17)12-13-18(19)20/h3-13,16,20H,2H2,1H3/t16-/m1/s1. The van der Waals surface area contributed by atoms with Crippen LogP contribution < -0.4 is 0 Å². The third-order valence-corrected chi connectivity index (χ3v) is 3.91. The zero-order valence-corrected chi connectivity index (χ0v) is 11.6. The molecule has 3 aromatic rings. The quantitative estimate of drug-likeness (QED) is 0.697. The van der Waals surface area contributed by atoms with E-state index in [0.29, 0.717) is 5.75 Å². The summed E-state index contributed by atoms with van der Waals surface area (Å²) >= 11 is 0. The molecule has 1 nitrogen and oxygen atoms in total. The molecule has 0 saturated carbocycles. The van der Waals surface area contributed by atoms with Gasteiger partial charge in [-0.2, -0.15) is 0 Å². The largest absolute Gasteiger partial charge is 0.508 e. The van der Waals surface area contributed by atoms with Crippen molar-refractivity contribution < 1.29 is 5.11 Å². The van der Waals surface area contributed by atoms with Crippen molar-refractivity contribution in [3.63, 3.8) is 0 Å². The topological polar surface area (TPSA) is 20.2 Å². The Labute approximate surface area is 119 Å². The van der Waals surface area contributed by atoms with Crippen LogP contribution in [0, 0.1) is 0 Å². The minimum absolute atomic E-state index is 0.224. The van der Waals surface area contributed by atoms with Crippen LogP contribution in [0.25, 0.3) is 10.8 Å². The van der Waals surface area contributed by atoms with E-state index in [0.717, 1.165) is 17.4 Å². The summed E-state index contributed by atoms with van der Waals surface area (Å²) in [5, 5.41) is 12.7. The lowest BCUT2D eigenvalue weighted by atomic mass is 9.85. The van der Waals surface area contributed by atoms with Gasteiger partial charge in [0, 0.05) is 11.5 Å². The average Bonchev–Trinajstić information content (AvgIpc) is 2.51.